The average molecular weight is 645 g/mol. The molecule has 0 fully saturated rings. The van der Waals surface area contributed by atoms with Crippen molar-refractivity contribution >= 4 is 58.4 Å². The number of para-hydroxylation sites is 1. The monoisotopic (exact) mass is 643 g/mol. The van der Waals surface area contributed by atoms with Crippen LogP contribution in [0.15, 0.2) is 51.6 Å². The number of nitrogens with zero attached hydrogens (tertiary/aromatic N) is 1. The van der Waals surface area contributed by atoms with Crippen LogP contribution in [0, 0.1) is 0 Å². The maximum absolute atomic E-state index is 13.3. The Kier molecular flexibility index (Phi) is 9.77. The Labute approximate surface area is 252 Å². The minimum atomic E-state index is -2.30. The predicted molar refractivity (Wildman–Crippen MR) is 170 cm³/mol. The lowest BCUT2D eigenvalue weighted by Gasteiger charge is -2.39. The third-order valence-corrected chi connectivity index (χ3v) is 12.8. The molecule has 1 heterocycles. The predicted octanol–water partition coefficient (Wildman–Crippen LogP) is 9.02. The minimum Gasteiger partial charge on any atom is -0.465 e. The van der Waals surface area contributed by atoms with Crippen LogP contribution < -0.4 is 4.90 Å². The largest absolute Gasteiger partial charge is 0.465 e. The van der Waals surface area contributed by atoms with Crippen molar-refractivity contribution in [3.63, 3.8) is 0 Å². The summed E-state index contributed by atoms with van der Waals surface area (Å²) in [6.45, 7) is 17.9. The number of rotatable bonds is 10. The van der Waals surface area contributed by atoms with E-state index < -0.39 is 26.1 Å². The van der Waals surface area contributed by atoms with Gasteiger partial charge in [0.15, 0.2) is 18.8 Å². The van der Waals surface area contributed by atoms with E-state index in [1.165, 1.54) is 4.90 Å². The van der Waals surface area contributed by atoms with Gasteiger partial charge in [-0.25, -0.2) is 4.79 Å². The van der Waals surface area contributed by atoms with Gasteiger partial charge in [0.25, 0.3) is 0 Å². The molecule has 0 aliphatic heterocycles. The molecule has 3 aromatic rings. The second-order valence-corrected chi connectivity index (χ2v) is 18.5. The highest BCUT2D eigenvalue weighted by Gasteiger charge is 2.41. The fraction of sp³-hybridized carbons (Fsp3) is 0.469. The molecule has 0 aliphatic carbocycles. The van der Waals surface area contributed by atoms with Gasteiger partial charge in [-0.3, -0.25) is 14.5 Å². The zero-order valence-electron chi connectivity index (χ0n) is 25.6. The molecule has 1 N–H and O–H groups in total. The molecule has 222 valence electrons. The number of hydrogen-bond donors (Lipinski definition) is 1. The molecular weight excluding hydrogens is 602 g/mol. The van der Waals surface area contributed by atoms with E-state index in [1.54, 1.807) is 13.0 Å². The molecule has 0 saturated carbocycles. The molecule has 1 aromatic heterocycles. The number of carbonyl (C=O) groups excluding carboxylic acids is 2. The van der Waals surface area contributed by atoms with Crippen molar-refractivity contribution < 1.29 is 28.3 Å². The topological polar surface area (TPSA) is 97.1 Å². The van der Waals surface area contributed by atoms with Crippen molar-refractivity contribution in [1.82, 2.24) is 0 Å². The van der Waals surface area contributed by atoms with Crippen molar-refractivity contribution in [2.24, 2.45) is 0 Å². The van der Waals surface area contributed by atoms with Crippen LogP contribution in [-0.2, 0) is 20.4 Å². The van der Waals surface area contributed by atoms with Gasteiger partial charge in [-0.1, -0.05) is 52.0 Å². The lowest BCUT2D eigenvalue weighted by atomic mass is 9.98. The molecule has 3 rings (SSSR count). The summed E-state index contributed by atoms with van der Waals surface area (Å²) in [4.78, 5) is 39.0. The standard InChI is InChI=1S/C32H42BrNO6Si/c1-10-21(35)19-26(36)27(40-41(8,9)32(5,6)7)18-20-15-16-22-24(17-20)29(33)39-28(22)23-13-11-12-14-25(23)34(30(37)38)31(2,3)4/h11-17,27H,10,18-19H2,1-9H3,(H,37,38). The number of benzene rings is 2. The number of fused-ring (bicyclic) bond motifs is 1. The van der Waals surface area contributed by atoms with E-state index >= 15 is 0 Å². The van der Waals surface area contributed by atoms with Gasteiger partial charge in [0.1, 0.15) is 17.6 Å². The van der Waals surface area contributed by atoms with Crippen LogP contribution in [0.2, 0.25) is 18.1 Å². The summed E-state index contributed by atoms with van der Waals surface area (Å²) in [7, 11) is -2.30. The van der Waals surface area contributed by atoms with E-state index in [1.807, 2.05) is 57.2 Å². The van der Waals surface area contributed by atoms with Crippen LogP contribution in [-0.4, -0.2) is 42.7 Å². The second-order valence-electron chi connectivity index (χ2n) is 13.0. The van der Waals surface area contributed by atoms with Crippen LogP contribution in [0.4, 0.5) is 10.5 Å². The molecule has 0 bridgehead atoms. The lowest BCUT2D eigenvalue weighted by Crippen LogP contribution is -2.47. The summed E-state index contributed by atoms with van der Waals surface area (Å²) in [5, 5.41) is 11.6. The molecule has 0 spiro atoms. The molecule has 9 heteroatoms. The van der Waals surface area contributed by atoms with E-state index in [0.29, 0.717) is 34.5 Å². The number of carbonyl (C=O) groups is 3. The first kappa shape index (κ1) is 32.8. The van der Waals surface area contributed by atoms with Crippen molar-refractivity contribution in [2.75, 3.05) is 4.90 Å². The quantitative estimate of drug-likeness (QED) is 0.175. The number of anilines is 1. The minimum absolute atomic E-state index is 0.0965. The summed E-state index contributed by atoms with van der Waals surface area (Å²) in [5.41, 5.74) is 1.37. The van der Waals surface area contributed by atoms with Gasteiger partial charge in [-0.15, -0.1) is 0 Å². The normalized spacial score (nSPS) is 13.3. The summed E-state index contributed by atoms with van der Waals surface area (Å²) >= 11 is 3.56. The van der Waals surface area contributed by atoms with E-state index in [-0.39, 0.29) is 23.0 Å². The zero-order valence-corrected chi connectivity index (χ0v) is 28.1. The molecule has 1 unspecified atom stereocenters. The first-order valence-electron chi connectivity index (χ1n) is 13.9. The third kappa shape index (κ3) is 7.37. The fourth-order valence-corrected chi connectivity index (χ4v) is 6.26. The first-order valence-corrected chi connectivity index (χ1v) is 17.6. The molecule has 0 radical (unpaired) electrons. The zero-order chi connectivity index (χ0) is 30.9. The Morgan fingerprint density at radius 2 is 1.66 bits per heavy atom. The van der Waals surface area contributed by atoms with Gasteiger partial charge in [-0.05, 0) is 78.6 Å². The van der Waals surface area contributed by atoms with Crippen LogP contribution in [0.3, 0.4) is 0 Å². The van der Waals surface area contributed by atoms with Crippen molar-refractivity contribution in [2.45, 2.75) is 97.5 Å². The molecule has 7 nitrogen and oxygen atoms in total. The van der Waals surface area contributed by atoms with E-state index in [4.69, 9.17) is 8.84 Å². The highest BCUT2D eigenvalue weighted by atomic mass is 79.9. The van der Waals surface area contributed by atoms with Crippen LogP contribution in [0.25, 0.3) is 22.1 Å². The molecule has 2 aromatic carbocycles. The number of halogens is 1. The Hall–Kier alpha value is -2.75. The Balaban J connectivity index is 2.07. The van der Waals surface area contributed by atoms with Crippen molar-refractivity contribution in [3.8, 4) is 11.3 Å². The summed E-state index contributed by atoms with van der Waals surface area (Å²) < 4.78 is 13.3. The maximum atomic E-state index is 13.3. The van der Waals surface area contributed by atoms with E-state index in [0.717, 1.165) is 16.3 Å². The number of hydrogen-bond acceptors (Lipinski definition) is 5. The van der Waals surface area contributed by atoms with Crippen molar-refractivity contribution in [3.05, 3.63) is 52.7 Å². The lowest BCUT2D eigenvalue weighted by molar-refractivity contribution is -0.131. The SMILES string of the molecule is CCC(=O)CC(=O)C(Cc1ccc2c(-c3ccccc3N(C(=O)O)C(C)(C)C)oc(Br)c2c1)O[Si](C)(C)C(C)(C)C. The van der Waals surface area contributed by atoms with Gasteiger partial charge in [0, 0.05) is 34.7 Å². The van der Waals surface area contributed by atoms with E-state index in [2.05, 4.69) is 49.8 Å². The Morgan fingerprint density at radius 1 is 1.02 bits per heavy atom. The average Bonchev–Trinajstić information content (AvgIpc) is 3.17. The van der Waals surface area contributed by atoms with Gasteiger partial charge in [0.05, 0.1) is 12.1 Å². The maximum Gasteiger partial charge on any atom is 0.412 e. The van der Waals surface area contributed by atoms with Gasteiger partial charge in [0.2, 0.25) is 0 Å². The van der Waals surface area contributed by atoms with Crippen LogP contribution in [0.1, 0.15) is 66.9 Å². The third-order valence-electron chi connectivity index (χ3n) is 7.77. The molecule has 0 aliphatic rings. The van der Waals surface area contributed by atoms with Gasteiger partial charge < -0.3 is 13.9 Å². The highest BCUT2D eigenvalue weighted by molar-refractivity contribution is 9.10. The molecule has 0 saturated heterocycles. The summed E-state index contributed by atoms with van der Waals surface area (Å²) in [6.07, 6.45) is -1.28. The number of amides is 1. The number of Topliss-reactive ketones (excluding diaryl/α,β-unsaturated/α-hetero) is 2. The van der Waals surface area contributed by atoms with Crippen LogP contribution in [0.5, 0.6) is 0 Å². The first-order chi connectivity index (χ1) is 18.9. The van der Waals surface area contributed by atoms with Crippen LogP contribution >= 0.6 is 15.9 Å². The molecular formula is C32H42BrNO6Si. The summed E-state index contributed by atoms with van der Waals surface area (Å²) in [5.74, 6) is 0.252. The second kappa shape index (κ2) is 12.2. The summed E-state index contributed by atoms with van der Waals surface area (Å²) in [6, 6.07) is 13.1. The number of carboxylic acid groups (broad SMARTS) is 1. The number of ketones is 2. The number of furan rings is 1. The van der Waals surface area contributed by atoms with Gasteiger partial charge >= 0.3 is 6.09 Å². The molecule has 1 amide bonds. The molecule has 41 heavy (non-hydrogen) atoms. The fourth-order valence-electron chi connectivity index (χ4n) is 4.49. The smallest absolute Gasteiger partial charge is 0.412 e. The Bertz CT molecular complexity index is 1450. The van der Waals surface area contributed by atoms with Gasteiger partial charge in [-0.2, -0.15) is 0 Å². The highest BCUT2D eigenvalue weighted by Crippen LogP contribution is 2.43. The molecule has 1 atom stereocenters. The van der Waals surface area contributed by atoms with E-state index in [9.17, 15) is 19.5 Å². The van der Waals surface area contributed by atoms with Crippen molar-refractivity contribution in [1.29, 1.82) is 0 Å². The Morgan fingerprint density at radius 3 is 2.22 bits per heavy atom.